The number of carbonyl (C=O) groups excluding carboxylic acids is 3. The lowest BCUT2D eigenvalue weighted by Gasteiger charge is -2.43. The van der Waals surface area contributed by atoms with Crippen molar-refractivity contribution in [2.75, 3.05) is 17.2 Å². The topological polar surface area (TPSA) is 78.5 Å². The molecular weight excluding hydrogens is 486 g/mol. The van der Waals surface area contributed by atoms with Crippen molar-refractivity contribution in [3.8, 4) is 0 Å². The van der Waals surface area contributed by atoms with Crippen molar-refractivity contribution in [2.24, 2.45) is 5.92 Å². The van der Waals surface area contributed by atoms with Crippen molar-refractivity contribution < 1.29 is 14.4 Å². The van der Waals surface area contributed by atoms with Gasteiger partial charge in [0.2, 0.25) is 5.91 Å². The zero-order valence-corrected chi connectivity index (χ0v) is 21.4. The van der Waals surface area contributed by atoms with Crippen molar-refractivity contribution in [3.63, 3.8) is 0 Å². The van der Waals surface area contributed by atoms with Gasteiger partial charge in [-0.05, 0) is 62.6 Å². The van der Waals surface area contributed by atoms with Gasteiger partial charge in [-0.3, -0.25) is 19.3 Å². The summed E-state index contributed by atoms with van der Waals surface area (Å²) in [6, 6.07) is 18.3. The first-order valence-electron chi connectivity index (χ1n) is 12.7. The molecule has 0 aromatic heterocycles. The fraction of sp³-hybridized carbons (Fsp3) is 0.300. The van der Waals surface area contributed by atoms with Gasteiger partial charge in [0.1, 0.15) is 11.0 Å². The molecule has 6 nitrogen and oxygen atoms in total. The van der Waals surface area contributed by atoms with Gasteiger partial charge in [0.15, 0.2) is 5.78 Å². The molecule has 4 aliphatic heterocycles. The van der Waals surface area contributed by atoms with Crippen LogP contribution in [0.2, 0.25) is 5.02 Å². The van der Waals surface area contributed by atoms with E-state index in [1.54, 1.807) is 24.3 Å². The molecule has 4 atom stereocenters. The quantitative estimate of drug-likeness (QED) is 0.476. The van der Waals surface area contributed by atoms with Crippen LogP contribution in [0.3, 0.4) is 0 Å². The van der Waals surface area contributed by atoms with Crippen molar-refractivity contribution in [2.45, 2.75) is 43.7 Å². The van der Waals surface area contributed by atoms with E-state index in [9.17, 15) is 14.4 Å². The highest BCUT2D eigenvalue weighted by atomic mass is 35.5. The molecule has 0 radical (unpaired) electrons. The molecule has 186 valence electrons. The van der Waals surface area contributed by atoms with Gasteiger partial charge in [0, 0.05) is 28.5 Å². The van der Waals surface area contributed by atoms with Crippen LogP contribution in [0.1, 0.15) is 45.5 Å². The summed E-state index contributed by atoms with van der Waals surface area (Å²) in [7, 11) is 0. The van der Waals surface area contributed by atoms with Gasteiger partial charge in [0.25, 0.3) is 5.91 Å². The number of Topliss-reactive ketones (excluding diaryl/α,β-unsaturated/α-hetero) is 1. The lowest BCUT2D eigenvalue weighted by Crippen LogP contribution is -2.62. The van der Waals surface area contributed by atoms with Crippen LogP contribution in [0.5, 0.6) is 0 Å². The van der Waals surface area contributed by atoms with Crippen LogP contribution in [0.25, 0.3) is 0 Å². The Morgan fingerprint density at radius 1 is 0.973 bits per heavy atom. The number of anilines is 2. The number of hydrogen-bond acceptors (Lipinski definition) is 4. The summed E-state index contributed by atoms with van der Waals surface area (Å²) in [5.41, 5.74) is 2.38. The normalized spacial score (nSPS) is 29.4. The smallest absolute Gasteiger partial charge is 0.251 e. The lowest BCUT2D eigenvalue weighted by molar-refractivity contribution is -0.137. The number of hydrogen-bond donors (Lipinski definition) is 2. The monoisotopic (exact) mass is 511 g/mol. The van der Waals surface area contributed by atoms with Crippen molar-refractivity contribution in [1.29, 1.82) is 0 Å². The maximum absolute atomic E-state index is 14.6. The number of nitrogens with one attached hydrogen (secondary N) is 2. The van der Waals surface area contributed by atoms with E-state index in [1.807, 2.05) is 50.2 Å². The summed E-state index contributed by atoms with van der Waals surface area (Å²) >= 11 is 6.56. The molecular formula is C30H26ClN3O3. The standard InChI is InChI=1S/C30H26ClN3O3/c1-16-14-17(2)25-20(15-16)30(28(37)33-25)29(19-9-4-6-11-22(19)32-27(29)36)24(23-12-7-13-34(23)30)26(35)18-8-3-5-10-21(18)31/h3-6,8-11,14-15,23-24H,7,12-13H2,1-2H3,(H,32,36)(H,33,37)/t23-,24-,29+,30+/m0/s1. The molecule has 2 saturated heterocycles. The maximum atomic E-state index is 14.6. The largest absolute Gasteiger partial charge is 0.325 e. The number of amides is 2. The van der Waals surface area contributed by atoms with E-state index in [0.29, 0.717) is 34.8 Å². The first kappa shape index (κ1) is 22.7. The van der Waals surface area contributed by atoms with E-state index < -0.39 is 16.9 Å². The molecule has 4 heterocycles. The third-order valence-electron chi connectivity index (χ3n) is 8.97. The van der Waals surface area contributed by atoms with E-state index >= 15 is 0 Å². The first-order chi connectivity index (χ1) is 17.8. The second-order valence-corrected chi connectivity index (χ2v) is 11.1. The predicted octanol–water partition coefficient (Wildman–Crippen LogP) is 4.97. The Morgan fingerprint density at radius 2 is 1.73 bits per heavy atom. The minimum atomic E-state index is -1.46. The Hall–Kier alpha value is -3.48. The zero-order chi connectivity index (χ0) is 25.7. The third-order valence-corrected chi connectivity index (χ3v) is 9.30. The molecule has 2 fully saturated rings. The van der Waals surface area contributed by atoms with Crippen molar-refractivity contribution >= 4 is 40.6 Å². The van der Waals surface area contributed by atoms with E-state index in [1.165, 1.54) is 0 Å². The van der Waals surface area contributed by atoms with Gasteiger partial charge in [-0.25, -0.2) is 0 Å². The number of halogens is 1. The summed E-state index contributed by atoms with van der Waals surface area (Å²) in [6.45, 7) is 4.60. The van der Waals surface area contributed by atoms with Crippen LogP contribution in [-0.4, -0.2) is 35.1 Å². The Morgan fingerprint density at radius 3 is 2.54 bits per heavy atom. The number of nitrogens with zero attached hydrogens (tertiary/aromatic N) is 1. The first-order valence-corrected chi connectivity index (χ1v) is 13.1. The number of para-hydroxylation sites is 1. The summed E-state index contributed by atoms with van der Waals surface area (Å²) in [4.78, 5) is 45.7. The predicted molar refractivity (Wildman–Crippen MR) is 142 cm³/mol. The molecule has 3 aromatic carbocycles. The Kier molecular flexibility index (Phi) is 4.62. The summed E-state index contributed by atoms with van der Waals surface area (Å²) in [6.07, 6.45) is 1.55. The number of aryl methyl sites for hydroxylation is 2. The summed E-state index contributed by atoms with van der Waals surface area (Å²) in [5.74, 6) is -1.55. The highest BCUT2D eigenvalue weighted by molar-refractivity contribution is 6.34. The molecule has 0 saturated carbocycles. The molecule has 37 heavy (non-hydrogen) atoms. The van der Waals surface area contributed by atoms with Crippen LogP contribution in [0.4, 0.5) is 11.4 Å². The minimum absolute atomic E-state index is 0.197. The van der Waals surface area contributed by atoms with Gasteiger partial charge in [-0.15, -0.1) is 0 Å². The molecule has 0 bridgehead atoms. The molecule has 4 aliphatic rings. The molecule has 0 unspecified atom stereocenters. The number of ketones is 1. The Balaban J connectivity index is 1.62. The number of fused-ring (bicyclic) bond motifs is 7. The minimum Gasteiger partial charge on any atom is -0.325 e. The van der Waals surface area contributed by atoms with E-state index in [4.69, 9.17) is 11.6 Å². The van der Waals surface area contributed by atoms with Crippen LogP contribution >= 0.6 is 11.6 Å². The Bertz CT molecular complexity index is 1550. The lowest BCUT2D eigenvalue weighted by atomic mass is 9.57. The molecule has 2 amide bonds. The van der Waals surface area contributed by atoms with Gasteiger partial charge in [-0.1, -0.05) is 59.6 Å². The fourth-order valence-corrected chi connectivity index (χ4v) is 8.09. The molecule has 2 spiro atoms. The Labute approximate surface area is 220 Å². The summed E-state index contributed by atoms with van der Waals surface area (Å²) in [5, 5.41) is 6.57. The highest BCUT2D eigenvalue weighted by Crippen LogP contribution is 2.68. The molecule has 7 rings (SSSR count). The van der Waals surface area contributed by atoms with E-state index in [0.717, 1.165) is 28.8 Å². The van der Waals surface area contributed by atoms with Crippen LogP contribution in [0, 0.1) is 19.8 Å². The van der Waals surface area contributed by atoms with E-state index in [-0.39, 0.29) is 23.6 Å². The van der Waals surface area contributed by atoms with Gasteiger partial charge >= 0.3 is 0 Å². The zero-order valence-electron chi connectivity index (χ0n) is 20.6. The second-order valence-electron chi connectivity index (χ2n) is 10.7. The molecule has 2 N–H and O–H groups in total. The highest BCUT2D eigenvalue weighted by Gasteiger charge is 2.81. The van der Waals surface area contributed by atoms with Crippen LogP contribution in [0.15, 0.2) is 60.7 Å². The van der Waals surface area contributed by atoms with Crippen molar-refractivity contribution in [3.05, 3.63) is 93.5 Å². The molecule has 3 aromatic rings. The maximum Gasteiger partial charge on any atom is 0.251 e. The number of carbonyl (C=O) groups is 3. The van der Waals surface area contributed by atoms with Gasteiger partial charge in [-0.2, -0.15) is 0 Å². The summed E-state index contributed by atoms with van der Waals surface area (Å²) < 4.78 is 0. The van der Waals surface area contributed by atoms with Crippen LogP contribution < -0.4 is 10.6 Å². The van der Waals surface area contributed by atoms with Crippen molar-refractivity contribution in [1.82, 2.24) is 4.90 Å². The van der Waals surface area contributed by atoms with Gasteiger partial charge in [0.05, 0.1) is 10.9 Å². The number of benzene rings is 3. The second kappa shape index (κ2) is 7.53. The third kappa shape index (κ3) is 2.53. The average Bonchev–Trinajstić information content (AvgIpc) is 3.58. The SMILES string of the molecule is Cc1cc(C)c2c(c1)[C@]1(C(=O)N2)N2CCC[C@H]2[C@@H](C(=O)c2ccccc2Cl)[C@]12C(=O)Nc1ccccc12. The van der Waals surface area contributed by atoms with Crippen LogP contribution in [-0.2, 0) is 20.5 Å². The van der Waals surface area contributed by atoms with Gasteiger partial charge < -0.3 is 10.6 Å². The van der Waals surface area contributed by atoms with E-state index in [2.05, 4.69) is 15.5 Å². The molecule has 7 heteroatoms. The average molecular weight is 512 g/mol. The molecule has 0 aliphatic carbocycles. The fourth-order valence-electron chi connectivity index (χ4n) is 7.86. The number of rotatable bonds is 2.